The summed E-state index contributed by atoms with van der Waals surface area (Å²) >= 11 is 0. The molecule has 21 heavy (non-hydrogen) atoms. The lowest BCUT2D eigenvalue weighted by Gasteiger charge is -2.16. The summed E-state index contributed by atoms with van der Waals surface area (Å²) in [6.45, 7) is 0.986. The molecule has 2 N–H and O–H groups in total. The van der Waals surface area contributed by atoms with Crippen molar-refractivity contribution in [1.29, 1.82) is 0 Å². The van der Waals surface area contributed by atoms with Crippen LogP contribution in [0.15, 0.2) is 42.5 Å². The Bertz CT molecular complexity index is 584. The Labute approximate surface area is 125 Å². The fraction of sp³-hybridized carbons (Fsp3) is 0.294. The first-order valence-electron chi connectivity index (χ1n) is 6.90. The van der Waals surface area contributed by atoms with Gasteiger partial charge in [0, 0.05) is 5.56 Å². The molecule has 0 aliphatic rings. The summed E-state index contributed by atoms with van der Waals surface area (Å²) in [5.74, 6) is 2.28. The van der Waals surface area contributed by atoms with Crippen molar-refractivity contribution in [2.24, 2.45) is 5.73 Å². The van der Waals surface area contributed by atoms with Crippen molar-refractivity contribution >= 4 is 0 Å². The first kappa shape index (κ1) is 15.2. The highest BCUT2D eigenvalue weighted by molar-refractivity contribution is 5.47. The lowest BCUT2D eigenvalue weighted by atomic mass is 10.1. The second-order valence-corrected chi connectivity index (χ2v) is 4.59. The number of ether oxygens (including phenoxy) is 3. The first-order valence-corrected chi connectivity index (χ1v) is 6.90. The molecule has 4 nitrogen and oxygen atoms in total. The van der Waals surface area contributed by atoms with Gasteiger partial charge in [0.2, 0.25) is 0 Å². The number of nitrogens with two attached hydrogens (primary N) is 1. The van der Waals surface area contributed by atoms with Crippen molar-refractivity contribution < 1.29 is 14.2 Å². The van der Waals surface area contributed by atoms with Crippen LogP contribution < -0.4 is 19.9 Å². The highest BCUT2D eigenvalue weighted by Crippen LogP contribution is 2.32. The van der Waals surface area contributed by atoms with E-state index in [1.54, 1.807) is 14.2 Å². The number of rotatable bonds is 7. The van der Waals surface area contributed by atoms with Crippen molar-refractivity contribution in [2.75, 3.05) is 20.8 Å². The van der Waals surface area contributed by atoms with Gasteiger partial charge in [-0.15, -0.1) is 0 Å². The maximum Gasteiger partial charge on any atom is 0.164 e. The van der Waals surface area contributed by atoms with Crippen LogP contribution >= 0.6 is 0 Å². The van der Waals surface area contributed by atoms with Gasteiger partial charge in [-0.25, -0.2) is 0 Å². The average molecular weight is 287 g/mol. The largest absolute Gasteiger partial charge is 0.496 e. The SMILES string of the molecule is COc1ccccc1COc1c(CCN)cccc1OC. The quantitative estimate of drug-likeness (QED) is 0.851. The van der Waals surface area contributed by atoms with Crippen molar-refractivity contribution in [3.8, 4) is 17.2 Å². The van der Waals surface area contributed by atoms with E-state index >= 15 is 0 Å². The number of hydrogen-bond donors (Lipinski definition) is 1. The molecule has 0 spiro atoms. The zero-order chi connectivity index (χ0) is 15.1. The average Bonchev–Trinajstić information content (AvgIpc) is 2.54. The van der Waals surface area contributed by atoms with Crippen molar-refractivity contribution in [2.45, 2.75) is 13.0 Å². The van der Waals surface area contributed by atoms with Gasteiger partial charge in [-0.3, -0.25) is 0 Å². The molecular weight excluding hydrogens is 266 g/mol. The van der Waals surface area contributed by atoms with Gasteiger partial charge in [-0.05, 0) is 30.7 Å². The molecule has 0 heterocycles. The second-order valence-electron chi connectivity index (χ2n) is 4.59. The van der Waals surface area contributed by atoms with Crippen LogP contribution in [0.4, 0.5) is 0 Å². The molecule has 0 aliphatic carbocycles. The zero-order valence-corrected chi connectivity index (χ0v) is 12.5. The molecule has 0 amide bonds. The van der Waals surface area contributed by atoms with Gasteiger partial charge in [0.15, 0.2) is 11.5 Å². The van der Waals surface area contributed by atoms with Gasteiger partial charge in [0.05, 0.1) is 14.2 Å². The Hall–Kier alpha value is -2.20. The molecule has 2 rings (SSSR count). The third-order valence-electron chi connectivity index (χ3n) is 3.26. The predicted molar refractivity (Wildman–Crippen MR) is 83.1 cm³/mol. The third-order valence-corrected chi connectivity index (χ3v) is 3.26. The lowest BCUT2D eigenvalue weighted by Crippen LogP contribution is -2.07. The summed E-state index contributed by atoms with van der Waals surface area (Å²) < 4.78 is 16.7. The number of para-hydroxylation sites is 2. The van der Waals surface area contributed by atoms with Crippen LogP contribution in [0.5, 0.6) is 17.2 Å². The minimum Gasteiger partial charge on any atom is -0.496 e. The zero-order valence-electron chi connectivity index (χ0n) is 12.5. The van der Waals surface area contributed by atoms with E-state index in [0.29, 0.717) is 13.2 Å². The van der Waals surface area contributed by atoms with Crippen LogP contribution in [0.1, 0.15) is 11.1 Å². The highest BCUT2D eigenvalue weighted by atomic mass is 16.5. The Morgan fingerprint density at radius 3 is 2.24 bits per heavy atom. The second kappa shape index (κ2) is 7.55. The number of hydrogen-bond acceptors (Lipinski definition) is 4. The summed E-state index contributed by atoms with van der Waals surface area (Å²) in [5.41, 5.74) is 7.70. The molecule has 0 radical (unpaired) electrons. The van der Waals surface area contributed by atoms with E-state index in [1.807, 2.05) is 42.5 Å². The molecular formula is C17H21NO3. The first-order chi connectivity index (χ1) is 10.3. The Kier molecular flexibility index (Phi) is 5.46. The van der Waals surface area contributed by atoms with Crippen LogP contribution in [-0.2, 0) is 13.0 Å². The molecule has 0 fully saturated rings. The normalized spacial score (nSPS) is 10.2. The van der Waals surface area contributed by atoms with Crippen LogP contribution in [-0.4, -0.2) is 20.8 Å². The Balaban J connectivity index is 2.22. The smallest absolute Gasteiger partial charge is 0.164 e. The standard InChI is InChI=1S/C17H21NO3/c1-19-15-8-4-3-6-14(15)12-21-17-13(10-11-18)7-5-9-16(17)20-2/h3-9H,10-12,18H2,1-2H3. The summed E-state index contributed by atoms with van der Waals surface area (Å²) in [6, 6.07) is 13.6. The number of methoxy groups -OCH3 is 2. The monoisotopic (exact) mass is 287 g/mol. The molecule has 0 saturated heterocycles. The van der Waals surface area contributed by atoms with Crippen molar-refractivity contribution in [3.63, 3.8) is 0 Å². The van der Waals surface area contributed by atoms with E-state index in [-0.39, 0.29) is 0 Å². The van der Waals surface area contributed by atoms with Crippen LogP contribution in [0.2, 0.25) is 0 Å². The summed E-state index contributed by atoms with van der Waals surface area (Å²) in [6.07, 6.45) is 0.748. The molecule has 2 aromatic rings. The Morgan fingerprint density at radius 1 is 0.857 bits per heavy atom. The molecule has 0 atom stereocenters. The maximum atomic E-state index is 5.98. The molecule has 2 aromatic carbocycles. The van der Waals surface area contributed by atoms with Crippen LogP contribution in [0, 0.1) is 0 Å². The highest BCUT2D eigenvalue weighted by Gasteiger charge is 2.11. The third kappa shape index (κ3) is 3.67. The summed E-state index contributed by atoms with van der Waals surface area (Å²) in [4.78, 5) is 0. The molecule has 4 heteroatoms. The minimum atomic E-state index is 0.419. The van der Waals surface area contributed by atoms with Crippen molar-refractivity contribution in [3.05, 3.63) is 53.6 Å². The van der Waals surface area contributed by atoms with E-state index in [1.165, 1.54) is 0 Å². The van der Waals surface area contributed by atoms with Gasteiger partial charge in [-0.1, -0.05) is 30.3 Å². The van der Waals surface area contributed by atoms with Gasteiger partial charge < -0.3 is 19.9 Å². The minimum absolute atomic E-state index is 0.419. The van der Waals surface area contributed by atoms with Gasteiger partial charge >= 0.3 is 0 Å². The van der Waals surface area contributed by atoms with Gasteiger partial charge in [-0.2, -0.15) is 0 Å². The van der Waals surface area contributed by atoms with Gasteiger partial charge in [0.1, 0.15) is 12.4 Å². The van der Waals surface area contributed by atoms with E-state index < -0.39 is 0 Å². The van der Waals surface area contributed by atoms with E-state index in [0.717, 1.165) is 34.8 Å². The van der Waals surface area contributed by atoms with Crippen LogP contribution in [0.3, 0.4) is 0 Å². The van der Waals surface area contributed by atoms with E-state index in [4.69, 9.17) is 19.9 Å². The molecule has 0 aliphatic heterocycles. The molecule has 112 valence electrons. The Morgan fingerprint density at radius 2 is 1.52 bits per heavy atom. The van der Waals surface area contributed by atoms with Crippen molar-refractivity contribution in [1.82, 2.24) is 0 Å². The lowest BCUT2D eigenvalue weighted by molar-refractivity contribution is 0.275. The molecule has 0 unspecified atom stereocenters. The predicted octanol–water partition coefficient (Wildman–Crippen LogP) is 2.78. The van der Waals surface area contributed by atoms with Crippen LogP contribution in [0.25, 0.3) is 0 Å². The fourth-order valence-electron chi connectivity index (χ4n) is 2.21. The summed E-state index contributed by atoms with van der Waals surface area (Å²) in [7, 11) is 3.29. The van der Waals surface area contributed by atoms with E-state index in [9.17, 15) is 0 Å². The van der Waals surface area contributed by atoms with Gasteiger partial charge in [0.25, 0.3) is 0 Å². The fourth-order valence-corrected chi connectivity index (χ4v) is 2.21. The summed E-state index contributed by atoms with van der Waals surface area (Å²) in [5, 5.41) is 0. The molecule has 0 bridgehead atoms. The molecule has 0 aromatic heterocycles. The maximum absolute atomic E-state index is 5.98. The number of benzene rings is 2. The molecule has 0 saturated carbocycles. The topological polar surface area (TPSA) is 53.7 Å². The van der Waals surface area contributed by atoms with E-state index in [2.05, 4.69) is 0 Å².